The number of carbonyl (C=O) groups is 1. The summed E-state index contributed by atoms with van der Waals surface area (Å²) in [7, 11) is 0. The Morgan fingerprint density at radius 3 is 2.74 bits per heavy atom. The van der Waals surface area contributed by atoms with Gasteiger partial charge in [0.05, 0.1) is 30.2 Å². The molecule has 176 valence electrons. The topological polar surface area (TPSA) is 98.4 Å². The Hall–Kier alpha value is -3.88. The van der Waals surface area contributed by atoms with E-state index in [2.05, 4.69) is 26.9 Å². The normalized spacial score (nSPS) is 15.9. The molecule has 0 aliphatic carbocycles. The summed E-state index contributed by atoms with van der Waals surface area (Å²) in [5, 5.41) is 15.5. The van der Waals surface area contributed by atoms with Gasteiger partial charge in [-0.3, -0.25) is 9.48 Å². The van der Waals surface area contributed by atoms with Crippen molar-refractivity contribution in [1.82, 2.24) is 29.7 Å². The molecule has 0 fully saturated rings. The number of amides is 1. The van der Waals surface area contributed by atoms with Gasteiger partial charge in [-0.05, 0) is 55.7 Å². The number of carbonyl (C=O) groups excluding carboxylic acids is 1. The number of aryl methyl sites for hydroxylation is 1. The van der Waals surface area contributed by atoms with E-state index in [4.69, 9.17) is 9.84 Å². The van der Waals surface area contributed by atoms with Crippen molar-refractivity contribution >= 4 is 23.1 Å². The van der Waals surface area contributed by atoms with E-state index in [1.165, 1.54) is 0 Å². The molecule has 9 nitrogen and oxygen atoms in total. The van der Waals surface area contributed by atoms with Gasteiger partial charge in [-0.2, -0.15) is 5.10 Å². The Morgan fingerprint density at radius 2 is 1.82 bits per heavy atom. The van der Waals surface area contributed by atoms with Crippen LogP contribution in [-0.2, 0) is 11.3 Å². The van der Waals surface area contributed by atoms with Crippen LogP contribution in [0.1, 0.15) is 38.5 Å². The minimum atomic E-state index is 0.116. The Balaban J connectivity index is 1.36. The number of aromatic nitrogens is 5. The number of hydrogen-bond donors (Lipinski definition) is 2. The highest BCUT2D eigenvalue weighted by Gasteiger charge is 2.10. The van der Waals surface area contributed by atoms with Crippen LogP contribution in [-0.4, -0.2) is 43.4 Å². The van der Waals surface area contributed by atoms with Gasteiger partial charge in [0.2, 0.25) is 11.9 Å². The van der Waals surface area contributed by atoms with Crippen molar-refractivity contribution in [2.24, 2.45) is 0 Å². The molecule has 6 bridgehead atoms. The number of anilines is 2. The van der Waals surface area contributed by atoms with E-state index in [0.717, 1.165) is 66.9 Å². The highest BCUT2D eigenvalue weighted by atomic mass is 16.5. The summed E-state index contributed by atoms with van der Waals surface area (Å²) in [4.78, 5) is 16.5. The monoisotopic (exact) mass is 459 g/mol. The third-order valence-corrected chi connectivity index (χ3v) is 5.89. The number of rotatable bonds is 0. The van der Waals surface area contributed by atoms with E-state index >= 15 is 0 Å². The van der Waals surface area contributed by atoms with Crippen LogP contribution in [0.25, 0.3) is 16.8 Å². The fraction of sp³-hybridized carbons (Fsp3) is 0.360. The molecule has 4 aromatic rings. The first kappa shape index (κ1) is 21.9. The van der Waals surface area contributed by atoms with Crippen LogP contribution in [0.15, 0.2) is 55.0 Å². The average Bonchev–Trinajstić information content (AvgIpc) is 3.48. The maximum absolute atomic E-state index is 12.0. The number of nitrogens with one attached hydrogen (secondary N) is 2. The second kappa shape index (κ2) is 10.4. The first-order chi connectivity index (χ1) is 16.7. The van der Waals surface area contributed by atoms with Crippen LogP contribution in [0, 0.1) is 0 Å². The van der Waals surface area contributed by atoms with Crippen molar-refractivity contribution in [2.45, 2.75) is 45.1 Å². The van der Waals surface area contributed by atoms with E-state index in [9.17, 15) is 4.79 Å². The quantitative estimate of drug-likeness (QED) is 0.409. The second-order valence-electron chi connectivity index (χ2n) is 8.49. The van der Waals surface area contributed by atoms with Gasteiger partial charge in [0.15, 0.2) is 0 Å². The van der Waals surface area contributed by atoms with E-state index in [0.29, 0.717) is 25.5 Å². The highest BCUT2D eigenvalue weighted by molar-refractivity contribution is 5.75. The van der Waals surface area contributed by atoms with Crippen LogP contribution < -0.4 is 15.4 Å². The Kier molecular flexibility index (Phi) is 6.69. The molecule has 0 spiro atoms. The summed E-state index contributed by atoms with van der Waals surface area (Å²) >= 11 is 0. The van der Waals surface area contributed by atoms with Crippen LogP contribution >= 0.6 is 0 Å². The Labute approximate surface area is 198 Å². The maximum Gasteiger partial charge on any atom is 0.245 e. The number of ether oxygens (including phenoxy) is 1. The van der Waals surface area contributed by atoms with Crippen molar-refractivity contribution in [3.05, 3.63) is 55.0 Å². The zero-order valence-corrected chi connectivity index (χ0v) is 19.1. The summed E-state index contributed by atoms with van der Waals surface area (Å²) in [6.45, 7) is 2.03. The summed E-state index contributed by atoms with van der Waals surface area (Å²) < 4.78 is 9.66. The van der Waals surface area contributed by atoms with Crippen molar-refractivity contribution in [2.75, 3.05) is 18.5 Å². The summed E-state index contributed by atoms with van der Waals surface area (Å²) in [5.74, 6) is 1.41. The van der Waals surface area contributed by atoms with Gasteiger partial charge in [-0.25, -0.2) is 9.50 Å². The van der Waals surface area contributed by atoms with Crippen LogP contribution in [0.4, 0.5) is 11.6 Å². The zero-order chi connectivity index (χ0) is 23.2. The number of hydrogen-bond acceptors (Lipinski definition) is 6. The van der Waals surface area contributed by atoms with Crippen molar-refractivity contribution in [1.29, 1.82) is 0 Å². The van der Waals surface area contributed by atoms with E-state index in [1.807, 2.05) is 58.0 Å². The molecule has 1 aromatic carbocycles. The van der Waals surface area contributed by atoms with E-state index in [-0.39, 0.29) is 5.91 Å². The van der Waals surface area contributed by atoms with Crippen molar-refractivity contribution in [3.8, 4) is 17.0 Å². The smallest absolute Gasteiger partial charge is 0.245 e. The Bertz CT molecular complexity index is 1250. The van der Waals surface area contributed by atoms with Crippen molar-refractivity contribution < 1.29 is 9.53 Å². The molecule has 2 N–H and O–H groups in total. The van der Waals surface area contributed by atoms with E-state index in [1.54, 1.807) is 0 Å². The molecular weight excluding hydrogens is 430 g/mol. The van der Waals surface area contributed by atoms with Crippen molar-refractivity contribution in [3.63, 3.8) is 0 Å². The standard InChI is InChI=1S/C25H29N7O2/c33-24-6-3-1-2-4-14-31-18-19(16-28-31)23-12-9-21-17-27-25(30-32(21)23)29-20-7-10-22(11-8-20)34-15-5-13-26-24/h7-12,16-18H,1-6,13-15H2,(H,26,33)(H,29,30). The van der Waals surface area contributed by atoms with Gasteiger partial charge < -0.3 is 15.4 Å². The molecule has 1 amide bonds. The molecule has 6 rings (SSSR count). The largest absolute Gasteiger partial charge is 0.494 e. The zero-order valence-electron chi connectivity index (χ0n) is 19.1. The predicted octanol–water partition coefficient (Wildman–Crippen LogP) is 4.19. The summed E-state index contributed by atoms with van der Waals surface area (Å²) in [6.07, 6.45) is 11.1. The lowest BCUT2D eigenvalue weighted by molar-refractivity contribution is -0.121. The highest BCUT2D eigenvalue weighted by Crippen LogP contribution is 2.23. The minimum Gasteiger partial charge on any atom is -0.494 e. The summed E-state index contributed by atoms with van der Waals surface area (Å²) in [5.41, 5.74) is 3.77. The maximum atomic E-state index is 12.0. The molecule has 0 radical (unpaired) electrons. The molecule has 5 heterocycles. The Morgan fingerprint density at radius 1 is 0.941 bits per heavy atom. The molecule has 9 heteroatoms. The molecule has 2 aliphatic rings. The van der Waals surface area contributed by atoms with Gasteiger partial charge >= 0.3 is 0 Å². The van der Waals surface area contributed by atoms with Gasteiger partial charge in [-0.15, -0.1) is 5.10 Å². The molecule has 2 aliphatic heterocycles. The molecular formula is C25H29N7O2. The molecule has 0 unspecified atom stereocenters. The SMILES string of the molecule is O=C1CCCCCCn2cc(cn2)-c2ccc3cnc(nn23)Nc2ccc(cc2)OCCCN1. The third kappa shape index (κ3) is 5.36. The molecule has 0 saturated carbocycles. The number of fused-ring (bicyclic) bond motifs is 13. The molecule has 0 atom stereocenters. The lowest BCUT2D eigenvalue weighted by Crippen LogP contribution is -2.25. The van der Waals surface area contributed by atoms with Gasteiger partial charge in [-0.1, -0.05) is 12.8 Å². The lowest BCUT2D eigenvalue weighted by atomic mass is 10.1. The average molecular weight is 460 g/mol. The van der Waals surface area contributed by atoms with Crippen LogP contribution in [0.3, 0.4) is 0 Å². The molecule has 0 saturated heterocycles. The molecule has 34 heavy (non-hydrogen) atoms. The fourth-order valence-corrected chi connectivity index (χ4v) is 4.05. The third-order valence-electron chi connectivity index (χ3n) is 5.89. The fourth-order valence-electron chi connectivity index (χ4n) is 4.05. The lowest BCUT2D eigenvalue weighted by Gasteiger charge is -2.10. The molecule has 3 aromatic heterocycles. The number of nitrogens with zero attached hydrogens (tertiary/aromatic N) is 5. The first-order valence-corrected chi connectivity index (χ1v) is 11.9. The van der Waals surface area contributed by atoms with Crippen LogP contribution in [0.5, 0.6) is 5.75 Å². The number of benzene rings is 1. The van der Waals surface area contributed by atoms with E-state index < -0.39 is 0 Å². The predicted molar refractivity (Wildman–Crippen MR) is 130 cm³/mol. The first-order valence-electron chi connectivity index (χ1n) is 11.9. The second-order valence-corrected chi connectivity index (χ2v) is 8.49. The van der Waals surface area contributed by atoms with Gasteiger partial charge in [0, 0.05) is 37.0 Å². The van der Waals surface area contributed by atoms with Crippen LogP contribution in [0.2, 0.25) is 0 Å². The summed E-state index contributed by atoms with van der Waals surface area (Å²) in [6, 6.07) is 11.7. The van der Waals surface area contributed by atoms with Gasteiger partial charge in [0.1, 0.15) is 5.75 Å². The minimum absolute atomic E-state index is 0.116. The van der Waals surface area contributed by atoms with Gasteiger partial charge in [0.25, 0.3) is 0 Å².